The highest BCUT2D eigenvalue weighted by Crippen LogP contribution is 2.34. The predicted octanol–water partition coefficient (Wildman–Crippen LogP) is 2.82. The summed E-state index contributed by atoms with van der Waals surface area (Å²) in [5.41, 5.74) is 0. The number of thioether (sulfide) groups is 1. The summed E-state index contributed by atoms with van der Waals surface area (Å²) < 4.78 is 0. The molecule has 1 aromatic rings. The number of hydrogen-bond donors (Lipinski definition) is 1. The number of anilines is 2. The zero-order valence-electron chi connectivity index (χ0n) is 13.0. The summed E-state index contributed by atoms with van der Waals surface area (Å²) in [6.45, 7) is 7.11. The number of unbranched alkanes of at least 4 members (excludes halogenated alkanes) is 1. The van der Waals surface area contributed by atoms with Gasteiger partial charge in [-0.3, -0.25) is 0 Å². The number of rotatable bonds is 6. The summed E-state index contributed by atoms with van der Waals surface area (Å²) in [5, 5.41) is 3.82. The van der Waals surface area contributed by atoms with Gasteiger partial charge in [0.05, 0.1) is 4.90 Å². The summed E-state index contributed by atoms with van der Waals surface area (Å²) in [6, 6.07) is 0. The minimum absolute atomic E-state index is 0.547. The number of hydrogen-bond acceptors (Lipinski definition) is 6. The zero-order chi connectivity index (χ0) is 15.2. The molecule has 0 amide bonds. The molecule has 0 spiro atoms. The third-order valence-corrected chi connectivity index (χ3v) is 4.80. The maximum Gasteiger partial charge on any atom is 0.226 e. The number of nitrogens with zero attached hydrogens (tertiary/aromatic N) is 4. The van der Waals surface area contributed by atoms with Gasteiger partial charge < -0.3 is 15.1 Å². The van der Waals surface area contributed by atoms with Crippen molar-refractivity contribution >= 4 is 35.1 Å². The second-order valence-corrected chi connectivity index (χ2v) is 6.44. The van der Waals surface area contributed by atoms with Gasteiger partial charge in [-0.2, -0.15) is 9.97 Å². The van der Waals surface area contributed by atoms with Crippen molar-refractivity contribution in [3.8, 4) is 0 Å². The van der Waals surface area contributed by atoms with E-state index in [0.717, 1.165) is 56.3 Å². The van der Waals surface area contributed by atoms with E-state index in [-0.39, 0.29) is 0 Å². The van der Waals surface area contributed by atoms with Gasteiger partial charge in [0.15, 0.2) is 0 Å². The molecule has 2 heterocycles. The molecule has 1 N–H and O–H groups in total. The van der Waals surface area contributed by atoms with Crippen molar-refractivity contribution in [2.24, 2.45) is 0 Å². The zero-order valence-corrected chi connectivity index (χ0v) is 14.6. The van der Waals surface area contributed by atoms with Crippen LogP contribution in [-0.4, -0.2) is 60.9 Å². The molecule has 0 radical (unpaired) electrons. The molecule has 1 saturated heterocycles. The topological polar surface area (TPSA) is 44.3 Å². The van der Waals surface area contributed by atoms with Crippen LogP contribution in [0, 0.1) is 0 Å². The van der Waals surface area contributed by atoms with Crippen LogP contribution in [0.15, 0.2) is 4.90 Å². The predicted molar refractivity (Wildman–Crippen MR) is 91.9 cm³/mol. The lowest BCUT2D eigenvalue weighted by Crippen LogP contribution is -2.45. The van der Waals surface area contributed by atoms with Gasteiger partial charge in [0, 0.05) is 32.7 Å². The van der Waals surface area contributed by atoms with Gasteiger partial charge in [-0.25, -0.2) is 0 Å². The van der Waals surface area contributed by atoms with E-state index in [2.05, 4.69) is 34.1 Å². The van der Waals surface area contributed by atoms with Crippen LogP contribution in [0.5, 0.6) is 0 Å². The van der Waals surface area contributed by atoms with Crippen molar-refractivity contribution in [2.45, 2.75) is 24.7 Å². The Hall–Kier alpha value is -0.720. The minimum Gasteiger partial charge on any atom is -0.354 e. The first-order valence-electron chi connectivity index (χ1n) is 7.44. The van der Waals surface area contributed by atoms with E-state index in [1.54, 1.807) is 11.8 Å². The number of aromatic nitrogens is 2. The van der Waals surface area contributed by atoms with Crippen LogP contribution in [0.2, 0.25) is 5.15 Å². The number of piperazine rings is 1. The molecule has 7 heteroatoms. The molecule has 1 aromatic heterocycles. The van der Waals surface area contributed by atoms with E-state index in [1.165, 1.54) is 0 Å². The molecule has 1 aliphatic heterocycles. The number of nitrogens with one attached hydrogen (secondary N) is 1. The summed E-state index contributed by atoms with van der Waals surface area (Å²) in [7, 11) is 2.15. The normalized spacial score (nSPS) is 16.3. The maximum absolute atomic E-state index is 6.35. The average Bonchev–Trinajstić information content (AvgIpc) is 2.48. The third kappa shape index (κ3) is 4.37. The Morgan fingerprint density at radius 3 is 2.57 bits per heavy atom. The molecule has 0 atom stereocenters. The molecule has 0 saturated carbocycles. The van der Waals surface area contributed by atoms with Gasteiger partial charge in [-0.05, 0) is 19.7 Å². The molecule has 0 aliphatic carbocycles. The van der Waals surface area contributed by atoms with E-state index in [4.69, 9.17) is 16.6 Å². The van der Waals surface area contributed by atoms with E-state index in [0.29, 0.717) is 11.1 Å². The van der Waals surface area contributed by atoms with Gasteiger partial charge >= 0.3 is 0 Å². The standard InChI is InChI=1S/C14H24ClN5S/c1-4-5-6-16-14-17-12(15)11(21-3)13(18-14)20-9-7-19(2)8-10-20/h4-10H2,1-3H3,(H,16,17,18). The largest absolute Gasteiger partial charge is 0.354 e. The first-order chi connectivity index (χ1) is 10.2. The Morgan fingerprint density at radius 1 is 1.24 bits per heavy atom. The van der Waals surface area contributed by atoms with Crippen LogP contribution in [-0.2, 0) is 0 Å². The Kier molecular flexibility index (Phi) is 6.39. The summed E-state index contributed by atoms with van der Waals surface area (Å²) in [4.78, 5) is 14.7. The molecule has 0 bridgehead atoms. The Labute approximate surface area is 136 Å². The van der Waals surface area contributed by atoms with Crippen LogP contribution < -0.4 is 10.2 Å². The van der Waals surface area contributed by atoms with E-state index >= 15 is 0 Å². The van der Waals surface area contributed by atoms with Crippen LogP contribution >= 0.6 is 23.4 Å². The maximum atomic E-state index is 6.35. The molecule has 2 rings (SSSR count). The van der Waals surface area contributed by atoms with Gasteiger partial charge in [0.25, 0.3) is 0 Å². The fourth-order valence-electron chi connectivity index (χ4n) is 2.28. The molecular weight excluding hydrogens is 306 g/mol. The van der Waals surface area contributed by atoms with Crippen molar-refractivity contribution < 1.29 is 0 Å². The van der Waals surface area contributed by atoms with Crippen LogP contribution in [0.1, 0.15) is 19.8 Å². The van der Waals surface area contributed by atoms with Crippen molar-refractivity contribution in [3.05, 3.63) is 5.15 Å². The highest BCUT2D eigenvalue weighted by molar-refractivity contribution is 7.98. The number of likely N-dealkylation sites (N-methyl/N-ethyl adjacent to an activating group) is 1. The number of halogens is 1. The van der Waals surface area contributed by atoms with E-state index in [9.17, 15) is 0 Å². The SMILES string of the molecule is CCCCNc1nc(Cl)c(SC)c(N2CCN(C)CC2)n1. The Balaban J connectivity index is 2.20. The monoisotopic (exact) mass is 329 g/mol. The van der Waals surface area contributed by atoms with Gasteiger partial charge in [-0.15, -0.1) is 11.8 Å². The van der Waals surface area contributed by atoms with E-state index in [1.807, 2.05) is 6.26 Å². The molecule has 118 valence electrons. The van der Waals surface area contributed by atoms with Crippen LogP contribution in [0.3, 0.4) is 0 Å². The van der Waals surface area contributed by atoms with Crippen LogP contribution in [0.4, 0.5) is 11.8 Å². The summed E-state index contributed by atoms with van der Waals surface area (Å²) in [6.07, 6.45) is 4.28. The van der Waals surface area contributed by atoms with Crippen molar-refractivity contribution in [1.29, 1.82) is 0 Å². The Bertz CT molecular complexity index is 463. The molecular formula is C14H24ClN5S. The second-order valence-electron chi connectivity index (χ2n) is 5.27. The van der Waals surface area contributed by atoms with E-state index < -0.39 is 0 Å². The molecule has 0 aromatic carbocycles. The highest BCUT2D eigenvalue weighted by atomic mass is 35.5. The molecule has 1 fully saturated rings. The fourth-order valence-corrected chi connectivity index (χ4v) is 3.24. The van der Waals surface area contributed by atoms with Crippen molar-refractivity contribution in [1.82, 2.24) is 14.9 Å². The fraction of sp³-hybridized carbons (Fsp3) is 0.714. The first kappa shape index (κ1) is 16.6. The molecule has 5 nitrogen and oxygen atoms in total. The van der Waals surface area contributed by atoms with Gasteiger partial charge in [-0.1, -0.05) is 24.9 Å². The van der Waals surface area contributed by atoms with Crippen LogP contribution in [0.25, 0.3) is 0 Å². The smallest absolute Gasteiger partial charge is 0.226 e. The third-order valence-electron chi connectivity index (χ3n) is 3.63. The highest BCUT2D eigenvalue weighted by Gasteiger charge is 2.21. The average molecular weight is 330 g/mol. The van der Waals surface area contributed by atoms with Gasteiger partial charge in [0.1, 0.15) is 11.0 Å². The Morgan fingerprint density at radius 2 is 1.95 bits per heavy atom. The lowest BCUT2D eigenvalue weighted by atomic mass is 10.3. The summed E-state index contributed by atoms with van der Waals surface area (Å²) >= 11 is 7.96. The lowest BCUT2D eigenvalue weighted by molar-refractivity contribution is 0.311. The van der Waals surface area contributed by atoms with Crippen molar-refractivity contribution in [2.75, 3.05) is 56.2 Å². The lowest BCUT2D eigenvalue weighted by Gasteiger charge is -2.34. The second kappa shape index (κ2) is 8.06. The van der Waals surface area contributed by atoms with Crippen molar-refractivity contribution in [3.63, 3.8) is 0 Å². The van der Waals surface area contributed by atoms with Gasteiger partial charge in [0.2, 0.25) is 5.95 Å². The minimum atomic E-state index is 0.547. The quantitative estimate of drug-likeness (QED) is 0.492. The summed E-state index contributed by atoms with van der Waals surface area (Å²) in [5.74, 6) is 1.61. The molecule has 1 aliphatic rings. The molecule has 21 heavy (non-hydrogen) atoms. The molecule has 0 unspecified atom stereocenters. The first-order valence-corrected chi connectivity index (χ1v) is 9.04.